The Morgan fingerprint density at radius 1 is 0.806 bits per heavy atom. The van der Waals surface area contributed by atoms with Crippen LogP contribution in [0.15, 0.2) is 91.0 Å². The van der Waals surface area contributed by atoms with E-state index < -0.39 is 0 Å². The molecular weight excluding hydrogens is 384 g/mol. The maximum Gasteiger partial charge on any atom is 0.415 e. The predicted octanol–water partition coefficient (Wildman–Crippen LogP) is 5.07. The maximum atomic E-state index is 13.0. The monoisotopic (exact) mass is 412 g/mol. The van der Waals surface area contributed by atoms with Gasteiger partial charge in [0.1, 0.15) is 5.75 Å². The number of carbonyl (C=O) groups is 1. The molecule has 0 spiro atoms. The third kappa shape index (κ3) is 4.80. The number of likely N-dealkylation sites (tertiary alicyclic amines) is 1. The normalized spacial score (nSPS) is 22.0. The third-order valence-electron chi connectivity index (χ3n) is 6.55. The fraction of sp³-hybridized carbons (Fsp3) is 0.296. The first kappa shape index (κ1) is 19.8. The summed E-state index contributed by atoms with van der Waals surface area (Å²) in [6.45, 7) is 4.60. The van der Waals surface area contributed by atoms with Crippen molar-refractivity contribution in [3.05, 3.63) is 102 Å². The van der Waals surface area contributed by atoms with Crippen LogP contribution in [0.4, 0.5) is 4.79 Å². The molecule has 1 aliphatic heterocycles. The number of hydrogen-bond acceptors (Lipinski definition) is 3. The standard InChI is InChI=1S/C27H28N2O2/c30-27(31-23-14-8-3-9-15-23)29(17-22-12-6-2-7-13-22)20-26-24-18-28(19-25(24)26)16-21-10-4-1-5-11-21/h1-15,24-26H,16-20H2. The largest absolute Gasteiger partial charge is 0.415 e. The Morgan fingerprint density at radius 3 is 1.97 bits per heavy atom. The predicted molar refractivity (Wildman–Crippen MR) is 122 cm³/mol. The van der Waals surface area contributed by atoms with E-state index in [2.05, 4.69) is 47.4 Å². The van der Waals surface area contributed by atoms with Crippen molar-refractivity contribution in [3.8, 4) is 5.75 Å². The number of piperidine rings is 1. The minimum absolute atomic E-state index is 0.263. The summed E-state index contributed by atoms with van der Waals surface area (Å²) in [5, 5.41) is 0. The van der Waals surface area contributed by atoms with Crippen molar-refractivity contribution >= 4 is 6.09 Å². The van der Waals surface area contributed by atoms with Crippen molar-refractivity contribution in [3.63, 3.8) is 0 Å². The fourth-order valence-corrected chi connectivity index (χ4v) is 4.89. The lowest BCUT2D eigenvalue weighted by atomic mass is 10.1. The molecule has 2 atom stereocenters. The van der Waals surface area contributed by atoms with Crippen molar-refractivity contribution in [2.75, 3.05) is 19.6 Å². The Balaban J connectivity index is 1.21. The lowest BCUT2D eigenvalue weighted by Gasteiger charge is -2.25. The van der Waals surface area contributed by atoms with Gasteiger partial charge in [-0.1, -0.05) is 78.9 Å². The van der Waals surface area contributed by atoms with Crippen molar-refractivity contribution in [2.24, 2.45) is 17.8 Å². The second-order valence-electron chi connectivity index (χ2n) is 8.72. The minimum Gasteiger partial charge on any atom is -0.410 e. The molecule has 158 valence electrons. The van der Waals surface area contributed by atoms with Gasteiger partial charge in [0.05, 0.1) is 0 Å². The van der Waals surface area contributed by atoms with E-state index in [9.17, 15) is 4.79 Å². The molecule has 1 aliphatic carbocycles. The highest BCUT2D eigenvalue weighted by Crippen LogP contribution is 2.52. The summed E-state index contributed by atoms with van der Waals surface area (Å²) >= 11 is 0. The quantitative estimate of drug-likeness (QED) is 0.543. The van der Waals surface area contributed by atoms with Crippen LogP contribution >= 0.6 is 0 Å². The van der Waals surface area contributed by atoms with E-state index in [0.717, 1.165) is 31.7 Å². The van der Waals surface area contributed by atoms with Crippen LogP contribution in [-0.4, -0.2) is 35.5 Å². The molecule has 1 saturated heterocycles. The molecule has 1 saturated carbocycles. The van der Waals surface area contributed by atoms with Crippen molar-refractivity contribution in [2.45, 2.75) is 13.1 Å². The lowest BCUT2D eigenvalue weighted by molar-refractivity contribution is 0.142. The van der Waals surface area contributed by atoms with E-state index in [1.54, 1.807) is 0 Å². The Morgan fingerprint density at radius 2 is 1.35 bits per heavy atom. The zero-order valence-corrected chi connectivity index (χ0v) is 17.6. The summed E-state index contributed by atoms with van der Waals surface area (Å²) in [6.07, 6.45) is -0.263. The molecule has 1 amide bonds. The molecule has 1 heterocycles. The second kappa shape index (κ2) is 8.94. The highest BCUT2D eigenvalue weighted by Gasteiger charge is 2.55. The van der Waals surface area contributed by atoms with Crippen LogP contribution < -0.4 is 4.74 Å². The number of benzene rings is 3. The van der Waals surface area contributed by atoms with E-state index in [1.807, 2.05) is 53.4 Å². The molecule has 5 rings (SSSR count). The van der Waals surface area contributed by atoms with Crippen LogP contribution in [0.2, 0.25) is 0 Å². The molecule has 4 heteroatoms. The van der Waals surface area contributed by atoms with E-state index in [4.69, 9.17) is 4.74 Å². The Bertz CT molecular complexity index is 982. The van der Waals surface area contributed by atoms with E-state index in [0.29, 0.717) is 30.0 Å². The molecule has 3 aromatic carbocycles. The number of rotatable bonds is 7. The van der Waals surface area contributed by atoms with Crippen LogP contribution in [0.1, 0.15) is 11.1 Å². The molecule has 2 unspecified atom stereocenters. The minimum atomic E-state index is -0.263. The molecule has 2 aliphatic rings. The maximum absolute atomic E-state index is 13.0. The summed E-state index contributed by atoms with van der Waals surface area (Å²) < 4.78 is 5.68. The Hall–Kier alpha value is -3.11. The summed E-state index contributed by atoms with van der Waals surface area (Å²) in [5.41, 5.74) is 2.50. The zero-order valence-electron chi connectivity index (χ0n) is 17.6. The molecule has 2 fully saturated rings. The van der Waals surface area contributed by atoms with Gasteiger partial charge >= 0.3 is 6.09 Å². The molecule has 4 nitrogen and oxygen atoms in total. The molecule has 0 radical (unpaired) electrons. The van der Waals surface area contributed by atoms with Gasteiger partial charge in [-0.05, 0) is 41.0 Å². The number of carbonyl (C=O) groups excluding carboxylic acids is 1. The van der Waals surface area contributed by atoms with Crippen molar-refractivity contribution in [1.29, 1.82) is 0 Å². The first-order valence-corrected chi connectivity index (χ1v) is 11.1. The average Bonchev–Trinajstić information content (AvgIpc) is 3.24. The average molecular weight is 413 g/mol. The number of para-hydroxylation sites is 1. The van der Waals surface area contributed by atoms with Crippen molar-refractivity contribution < 1.29 is 9.53 Å². The second-order valence-corrected chi connectivity index (χ2v) is 8.72. The number of amides is 1. The molecule has 0 bridgehead atoms. The van der Waals surface area contributed by atoms with Gasteiger partial charge < -0.3 is 9.64 Å². The number of nitrogens with zero attached hydrogens (tertiary/aromatic N) is 2. The highest BCUT2D eigenvalue weighted by atomic mass is 16.6. The number of fused-ring (bicyclic) bond motifs is 1. The molecular formula is C27H28N2O2. The van der Waals surface area contributed by atoms with E-state index in [1.165, 1.54) is 5.56 Å². The van der Waals surface area contributed by atoms with Gasteiger partial charge in [0.2, 0.25) is 0 Å². The fourth-order valence-electron chi connectivity index (χ4n) is 4.89. The smallest absolute Gasteiger partial charge is 0.410 e. The lowest BCUT2D eigenvalue weighted by Crippen LogP contribution is -2.36. The first-order valence-electron chi connectivity index (χ1n) is 11.1. The third-order valence-corrected chi connectivity index (χ3v) is 6.55. The summed E-state index contributed by atoms with van der Waals surface area (Å²) in [7, 11) is 0. The number of ether oxygens (including phenoxy) is 1. The molecule has 0 N–H and O–H groups in total. The summed E-state index contributed by atoms with van der Waals surface area (Å²) in [4.78, 5) is 17.4. The highest BCUT2D eigenvalue weighted by molar-refractivity contribution is 5.70. The molecule has 31 heavy (non-hydrogen) atoms. The van der Waals surface area contributed by atoms with Crippen LogP contribution in [0.5, 0.6) is 5.75 Å². The summed E-state index contributed by atoms with van der Waals surface area (Å²) in [6, 6.07) is 30.2. The SMILES string of the molecule is O=C(Oc1ccccc1)N(Cc1ccccc1)CC1C2CN(Cc3ccccc3)CC21. The van der Waals surface area contributed by atoms with Gasteiger partial charge in [0.25, 0.3) is 0 Å². The van der Waals surface area contributed by atoms with E-state index >= 15 is 0 Å². The van der Waals surface area contributed by atoms with Gasteiger partial charge in [0, 0.05) is 32.7 Å². The summed E-state index contributed by atoms with van der Waals surface area (Å²) in [5.74, 6) is 2.53. The van der Waals surface area contributed by atoms with Crippen LogP contribution in [0, 0.1) is 17.8 Å². The van der Waals surface area contributed by atoms with E-state index in [-0.39, 0.29) is 6.09 Å². The van der Waals surface area contributed by atoms with Crippen LogP contribution in [0.25, 0.3) is 0 Å². The van der Waals surface area contributed by atoms with Gasteiger partial charge in [-0.15, -0.1) is 0 Å². The van der Waals surface area contributed by atoms with Gasteiger partial charge in [-0.2, -0.15) is 0 Å². The van der Waals surface area contributed by atoms with Gasteiger partial charge in [0.15, 0.2) is 0 Å². The zero-order chi connectivity index (χ0) is 21.0. The van der Waals surface area contributed by atoms with Gasteiger partial charge in [-0.3, -0.25) is 4.90 Å². The topological polar surface area (TPSA) is 32.8 Å². The molecule has 3 aromatic rings. The Kier molecular flexibility index (Phi) is 5.72. The van der Waals surface area contributed by atoms with Crippen LogP contribution in [0.3, 0.4) is 0 Å². The van der Waals surface area contributed by atoms with Gasteiger partial charge in [-0.25, -0.2) is 4.79 Å². The number of hydrogen-bond donors (Lipinski definition) is 0. The first-order chi connectivity index (χ1) is 15.3. The Labute approximate surface area is 184 Å². The van der Waals surface area contributed by atoms with Crippen molar-refractivity contribution in [1.82, 2.24) is 9.80 Å². The molecule has 0 aromatic heterocycles. The van der Waals surface area contributed by atoms with Crippen LogP contribution in [-0.2, 0) is 13.1 Å².